The molecule has 0 atom stereocenters. The van der Waals surface area contributed by atoms with Gasteiger partial charge in [0.1, 0.15) is 5.82 Å². The van der Waals surface area contributed by atoms with Crippen molar-refractivity contribution < 1.29 is 0 Å². The number of unbranched alkanes of at least 4 members (excludes halogenated alkanes) is 1. The van der Waals surface area contributed by atoms with Crippen LogP contribution in [0.3, 0.4) is 0 Å². The van der Waals surface area contributed by atoms with E-state index in [1.54, 1.807) is 6.20 Å². The molecule has 4 nitrogen and oxygen atoms in total. The van der Waals surface area contributed by atoms with Crippen molar-refractivity contribution in [2.24, 2.45) is 0 Å². The minimum absolute atomic E-state index is 0.465. The number of nitrogens with one attached hydrogen (secondary N) is 2. The number of aryl methyl sites for hydroxylation is 2. The van der Waals surface area contributed by atoms with E-state index >= 15 is 0 Å². The second-order valence-corrected chi connectivity index (χ2v) is 5.42. The van der Waals surface area contributed by atoms with Crippen molar-refractivity contribution in [1.82, 2.24) is 15.0 Å². The second kappa shape index (κ2) is 6.95. The van der Waals surface area contributed by atoms with Crippen LogP contribution in [-0.2, 0) is 13.0 Å². The lowest BCUT2D eigenvalue weighted by molar-refractivity contribution is 0.760. The molecule has 0 saturated heterocycles. The number of halogens is 2. The molecule has 2 aromatic rings. The number of hydrogen-bond acceptors (Lipinski definition) is 3. The van der Waals surface area contributed by atoms with E-state index in [1.165, 1.54) is 0 Å². The maximum absolute atomic E-state index is 6.14. The van der Waals surface area contributed by atoms with E-state index in [1.807, 2.05) is 13.0 Å². The Morgan fingerprint density at radius 2 is 2.10 bits per heavy atom. The zero-order valence-electron chi connectivity index (χ0n) is 11.6. The van der Waals surface area contributed by atoms with Gasteiger partial charge in [-0.1, -0.05) is 36.5 Å². The third-order valence-corrected chi connectivity index (χ3v) is 3.70. The molecule has 0 spiro atoms. The fourth-order valence-corrected chi connectivity index (χ4v) is 2.42. The van der Waals surface area contributed by atoms with Gasteiger partial charge in [-0.2, -0.15) is 0 Å². The van der Waals surface area contributed by atoms with Crippen LogP contribution in [0.4, 0.5) is 5.69 Å². The molecule has 0 fully saturated rings. The number of imidazole rings is 1. The Kier molecular flexibility index (Phi) is 5.26. The predicted molar refractivity (Wildman–Crippen MR) is 83.5 cm³/mol. The Labute approximate surface area is 128 Å². The van der Waals surface area contributed by atoms with Crippen molar-refractivity contribution in [1.29, 1.82) is 0 Å². The van der Waals surface area contributed by atoms with E-state index in [9.17, 15) is 0 Å². The molecule has 2 heterocycles. The minimum atomic E-state index is 0.465. The number of pyridine rings is 1. The largest absolute Gasteiger partial charge is 0.377 e. The predicted octanol–water partition coefficient (Wildman–Crippen LogP) is 4.37. The molecule has 0 radical (unpaired) electrons. The van der Waals surface area contributed by atoms with Gasteiger partial charge in [-0.25, -0.2) is 9.97 Å². The van der Waals surface area contributed by atoms with Gasteiger partial charge >= 0.3 is 0 Å². The van der Waals surface area contributed by atoms with Gasteiger partial charge in [0.2, 0.25) is 0 Å². The maximum Gasteiger partial charge on any atom is 0.152 e. The van der Waals surface area contributed by atoms with Crippen LogP contribution in [0.5, 0.6) is 0 Å². The van der Waals surface area contributed by atoms with Gasteiger partial charge in [0.05, 0.1) is 17.9 Å². The van der Waals surface area contributed by atoms with Gasteiger partial charge in [0, 0.05) is 12.6 Å². The Hall–Kier alpha value is -1.26. The molecule has 2 rings (SSSR count). The minimum Gasteiger partial charge on any atom is -0.377 e. The molecule has 2 N–H and O–H groups in total. The molecule has 0 aliphatic rings. The van der Waals surface area contributed by atoms with Crippen LogP contribution in [0.15, 0.2) is 12.3 Å². The molecule has 0 aliphatic heterocycles. The topological polar surface area (TPSA) is 53.6 Å². The maximum atomic E-state index is 6.14. The molecule has 2 aromatic heterocycles. The molecular formula is C14H18Cl2N4. The fraction of sp³-hybridized carbons (Fsp3) is 0.429. The number of aromatic amines is 1. The van der Waals surface area contributed by atoms with Gasteiger partial charge in [0.25, 0.3) is 0 Å². The highest BCUT2D eigenvalue weighted by Crippen LogP contribution is 2.24. The number of hydrogen-bond donors (Lipinski definition) is 2. The zero-order valence-corrected chi connectivity index (χ0v) is 13.1. The van der Waals surface area contributed by atoms with E-state index < -0.39 is 0 Å². The first-order valence-electron chi connectivity index (χ1n) is 6.70. The third-order valence-electron chi connectivity index (χ3n) is 3.10. The van der Waals surface area contributed by atoms with Gasteiger partial charge in [-0.3, -0.25) is 0 Å². The van der Waals surface area contributed by atoms with Crippen LogP contribution in [0, 0.1) is 6.92 Å². The highest BCUT2D eigenvalue weighted by molar-refractivity contribution is 6.32. The lowest BCUT2D eigenvalue weighted by Gasteiger charge is -2.09. The average Bonchev–Trinajstić information content (AvgIpc) is 2.76. The van der Waals surface area contributed by atoms with Crippen molar-refractivity contribution in [2.45, 2.75) is 39.7 Å². The summed E-state index contributed by atoms with van der Waals surface area (Å²) in [5, 5.41) is 4.24. The van der Waals surface area contributed by atoms with E-state index in [2.05, 4.69) is 27.2 Å². The SMILES string of the molecule is CCCCc1nc(Cl)c(CNc2c(C)ccnc2Cl)[nH]1. The van der Waals surface area contributed by atoms with E-state index in [0.717, 1.165) is 42.0 Å². The summed E-state index contributed by atoms with van der Waals surface area (Å²) in [7, 11) is 0. The van der Waals surface area contributed by atoms with Crippen LogP contribution in [-0.4, -0.2) is 15.0 Å². The monoisotopic (exact) mass is 312 g/mol. The highest BCUT2D eigenvalue weighted by atomic mass is 35.5. The summed E-state index contributed by atoms with van der Waals surface area (Å²) in [5.74, 6) is 0.933. The molecular weight excluding hydrogens is 295 g/mol. The first kappa shape index (κ1) is 15.1. The van der Waals surface area contributed by atoms with Crippen LogP contribution >= 0.6 is 23.2 Å². The standard InChI is InChI=1S/C14H18Cl2N4/c1-3-4-5-11-19-10(13(15)20-11)8-18-12-9(2)6-7-17-14(12)16/h6-7,18H,3-5,8H2,1-2H3,(H,19,20). The van der Waals surface area contributed by atoms with E-state index in [-0.39, 0.29) is 0 Å². The summed E-state index contributed by atoms with van der Waals surface area (Å²) >= 11 is 12.2. The molecule has 0 amide bonds. The summed E-state index contributed by atoms with van der Waals surface area (Å²) in [4.78, 5) is 11.6. The van der Waals surface area contributed by atoms with E-state index in [0.29, 0.717) is 16.9 Å². The van der Waals surface area contributed by atoms with E-state index in [4.69, 9.17) is 23.2 Å². The normalized spacial score (nSPS) is 10.8. The lowest BCUT2D eigenvalue weighted by Crippen LogP contribution is -2.03. The Bertz CT molecular complexity index is 560. The van der Waals surface area contributed by atoms with Crippen LogP contribution in [0.2, 0.25) is 10.3 Å². The first-order chi connectivity index (χ1) is 9.61. The summed E-state index contributed by atoms with van der Waals surface area (Å²) < 4.78 is 0. The van der Waals surface area contributed by atoms with Crippen molar-refractivity contribution in [2.75, 3.05) is 5.32 Å². The van der Waals surface area contributed by atoms with Crippen molar-refractivity contribution in [3.63, 3.8) is 0 Å². The first-order valence-corrected chi connectivity index (χ1v) is 7.45. The molecule has 6 heteroatoms. The average molecular weight is 313 g/mol. The Balaban J connectivity index is 2.05. The highest BCUT2D eigenvalue weighted by Gasteiger charge is 2.10. The Morgan fingerprint density at radius 3 is 2.80 bits per heavy atom. The molecule has 0 aliphatic carbocycles. The number of rotatable bonds is 6. The van der Waals surface area contributed by atoms with Crippen LogP contribution < -0.4 is 5.32 Å². The number of H-pyrrole nitrogens is 1. The fourth-order valence-electron chi connectivity index (χ4n) is 1.93. The number of aromatic nitrogens is 3. The molecule has 20 heavy (non-hydrogen) atoms. The van der Waals surface area contributed by atoms with Gasteiger partial charge < -0.3 is 10.3 Å². The van der Waals surface area contributed by atoms with Crippen molar-refractivity contribution >= 4 is 28.9 Å². The molecule has 0 saturated carbocycles. The Morgan fingerprint density at radius 1 is 1.30 bits per heavy atom. The van der Waals surface area contributed by atoms with Crippen molar-refractivity contribution in [3.8, 4) is 0 Å². The van der Waals surface area contributed by atoms with Crippen LogP contribution in [0.25, 0.3) is 0 Å². The molecule has 0 bridgehead atoms. The number of nitrogens with zero attached hydrogens (tertiary/aromatic N) is 2. The lowest BCUT2D eigenvalue weighted by atomic mass is 10.2. The molecule has 0 unspecified atom stereocenters. The van der Waals surface area contributed by atoms with Gasteiger partial charge in [0.15, 0.2) is 10.3 Å². The number of anilines is 1. The summed E-state index contributed by atoms with van der Waals surface area (Å²) in [6, 6.07) is 1.91. The van der Waals surface area contributed by atoms with Gasteiger partial charge in [-0.15, -0.1) is 0 Å². The van der Waals surface area contributed by atoms with Crippen molar-refractivity contribution in [3.05, 3.63) is 39.7 Å². The summed E-state index contributed by atoms with van der Waals surface area (Å²) in [5.41, 5.74) is 2.75. The quantitative estimate of drug-likeness (QED) is 0.778. The summed E-state index contributed by atoms with van der Waals surface area (Å²) in [6.07, 6.45) is 4.85. The van der Waals surface area contributed by atoms with Gasteiger partial charge in [-0.05, 0) is 25.0 Å². The van der Waals surface area contributed by atoms with Crippen LogP contribution in [0.1, 0.15) is 36.8 Å². The molecule has 0 aromatic carbocycles. The zero-order chi connectivity index (χ0) is 14.5. The second-order valence-electron chi connectivity index (χ2n) is 4.70. The third kappa shape index (κ3) is 3.64. The summed E-state index contributed by atoms with van der Waals surface area (Å²) in [6.45, 7) is 4.68. The smallest absolute Gasteiger partial charge is 0.152 e. The molecule has 108 valence electrons.